The van der Waals surface area contributed by atoms with Crippen LogP contribution in [0, 0.1) is 5.41 Å². The molecule has 1 amide bonds. The predicted molar refractivity (Wildman–Crippen MR) is 96.6 cm³/mol. The Balaban J connectivity index is 2.19. The van der Waals surface area contributed by atoms with Gasteiger partial charge in [-0.2, -0.15) is 0 Å². The Morgan fingerprint density at radius 1 is 1.19 bits per heavy atom. The van der Waals surface area contributed by atoms with Crippen LogP contribution >= 0.6 is 0 Å². The van der Waals surface area contributed by atoms with Crippen molar-refractivity contribution in [1.29, 1.82) is 0 Å². The highest BCUT2D eigenvalue weighted by Crippen LogP contribution is 2.30. The van der Waals surface area contributed by atoms with E-state index in [1.165, 1.54) is 0 Å². The van der Waals surface area contributed by atoms with Crippen molar-refractivity contribution in [1.82, 2.24) is 4.90 Å². The topological polar surface area (TPSA) is 90.0 Å². The molecule has 0 spiro atoms. The summed E-state index contributed by atoms with van der Waals surface area (Å²) in [7, 11) is 0. The predicted octanol–water partition coefficient (Wildman–Crippen LogP) is 2.34. The van der Waals surface area contributed by atoms with Crippen LogP contribution in [-0.2, 0) is 23.9 Å². The Kier molecular flexibility index (Phi) is 6.36. The highest BCUT2D eigenvalue weighted by molar-refractivity contribution is 5.95. The second kappa shape index (κ2) is 8.33. The number of hydrogen-bond acceptors (Lipinski definition) is 6. The number of hydrogen-bond donors (Lipinski definition) is 0. The molecule has 0 radical (unpaired) electrons. The number of β-lactam (4-membered cyclic amide) rings is 1. The second-order valence-corrected chi connectivity index (χ2v) is 7.41. The number of carbonyl (C=O) groups is 4. The van der Waals surface area contributed by atoms with Gasteiger partial charge in [-0.05, 0) is 19.1 Å². The van der Waals surface area contributed by atoms with Crippen molar-refractivity contribution in [3.8, 4) is 0 Å². The lowest BCUT2D eigenvalue weighted by Gasteiger charge is -2.43. The molecule has 146 valence electrons. The lowest BCUT2D eigenvalue weighted by molar-refractivity contribution is -0.184. The van der Waals surface area contributed by atoms with E-state index in [2.05, 4.69) is 0 Å². The minimum atomic E-state index is -1.50. The summed E-state index contributed by atoms with van der Waals surface area (Å²) in [6.45, 7) is 7.06. The van der Waals surface area contributed by atoms with E-state index in [-0.39, 0.29) is 36.7 Å². The maximum absolute atomic E-state index is 12.4. The van der Waals surface area contributed by atoms with Crippen LogP contribution < -0.4 is 0 Å². The van der Waals surface area contributed by atoms with E-state index in [9.17, 15) is 19.2 Å². The van der Waals surface area contributed by atoms with E-state index in [0.717, 1.165) is 4.90 Å². The van der Waals surface area contributed by atoms with Gasteiger partial charge in [-0.1, -0.05) is 39.0 Å². The highest BCUT2D eigenvalue weighted by Gasteiger charge is 2.48. The monoisotopic (exact) mass is 375 g/mol. The summed E-state index contributed by atoms with van der Waals surface area (Å²) in [4.78, 5) is 50.3. The third kappa shape index (κ3) is 4.93. The molecular weight excluding hydrogens is 350 g/mol. The van der Waals surface area contributed by atoms with E-state index in [0.29, 0.717) is 0 Å². The number of ether oxygens (including phenoxy) is 2. The molecule has 1 aliphatic heterocycles. The Bertz CT molecular complexity index is 722. The van der Waals surface area contributed by atoms with Gasteiger partial charge in [0.1, 0.15) is 5.78 Å². The van der Waals surface area contributed by atoms with E-state index in [1.54, 1.807) is 58.0 Å². The Hall–Kier alpha value is -2.70. The Morgan fingerprint density at radius 3 is 2.33 bits per heavy atom. The standard InChI is InChI=1S/C20H25NO6/c1-5-26-19(25)17(27-18(24)13-9-7-6-8-10-13)21-14(12-16(21)23)11-15(22)20(2,3)4/h6-10,14,17H,5,11-12H2,1-4H3. The first-order valence-corrected chi connectivity index (χ1v) is 8.92. The zero-order chi connectivity index (χ0) is 20.2. The lowest BCUT2D eigenvalue weighted by atomic mass is 9.84. The molecule has 7 nitrogen and oxygen atoms in total. The van der Waals surface area contributed by atoms with Crippen molar-refractivity contribution >= 4 is 23.6 Å². The van der Waals surface area contributed by atoms with E-state index < -0.39 is 29.6 Å². The zero-order valence-electron chi connectivity index (χ0n) is 16.1. The van der Waals surface area contributed by atoms with Crippen molar-refractivity contribution in [3.05, 3.63) is 35.9 Å². The molecule has 1 heterocycles. The molecule has 1 saturated heterocycles. The number of benzene rings is 1. The quantitative estimate of drug-likeness (QED) is 0.537. The van der Waals surface area contributed by atoms with Crippen LogP contribution in [0.25, 0.3) is 0 Å². The van der Waals surface area contributed by atoms with Gasteiger partial charge in [0.15, 0.2) is 0 Å². The maximum Gasteiger partial charge on any atom is 0.369 e. The Labute approximate surface area is 158 Å². The smallest absolute Gasteiger partial charge is 0.369 e. The number of rotatable bonds is 7. The molecule has 0 bridgehead atoms. The minimum absolute atomic E-state index is 0.0398. The fourth-order valence-electron chi connectivity index (χ4n) is 2.69. The molecule has 0 aliphatic carbocycles. The molecule has 27 heavy (non-hydrogen) atoms. The van der Waals surface area contributed by atoms with Crippen molar-refractivity contribution in [2.45, 2.75) is 52.8 Å². The summed E-state index contributed by atoms with van der Waals surface area (Å²) < 4.78 is 10.3. The molecule has 2 atom stereocenters. The van der Waals surface area contributed by atoms with Crippen LogP contribution in [0.5, 0.6) is 0 Å². The second-order valence-electron chi connectivity index (χ2n) is 7.41. The third-order valence-corrected chi connectivity index (χ3v) is 4.32. The average Bonchev–Trinajstić information content (AvgIpc) is 2.60. The van der Waals surface area contributed by atoms with Crippen LogP contribution in [0.2, 0.25) is 0 Å². The molecule has 1 fully saturated rings. The van der Waals surface area contributed by atoms with Gasteiger partial charge < -0.3 is 9.47 Å². The number of amides is 1. The average molecular weight is 375 g/mol. The maximum atomic E-state index is 12.4. The van der Waals surface area contributed by atoms with Gasteiger partial charge in [-0.3, -0.25) is 14.5 Å². The molecule has 0 saturated carbocycles. The first-order chi connectivity index (χ1) is 12.6. The SMILES string of the molecule is CCOC(=O)C(OC(=O)c1ccccc1)N1C(=O)CC1CC(=O)C(C)(C)C. The van der Waals surface area contributed by atoms with Gasteiger partial charge in [0.2, 0.25) is 5.91 Å². The number of likely N-dealkylation sites (tertiary alicyclic amines) is 1. The van der Waals surface area contributed by atoms with Gasteiger partial charge in [0.25, 0.3) is 6.23 Å². The van der Waals surface area contributed by atoms with Gasteiger partial charge in [0.05, 0.1) is 18.2 Å². The summed E-state index contributed by atoms with van der Waals surface area (Å²) >= 11 is 0. The van der Waals surface area contributed by atoms with Crippen molar-refractivity contribution in [2.75, 3.05) is 6.61 Å². The molecule has 1 aromatic carbocycles. The zero-order valence-corrected chi connectivity index (χ0v) is 16.1. The molecule has 0 N–H and O–H groups in total. The Morgan fingerprint density at radius 2 is 1.81 bits per heavy atom. The highest BCUT2D eigenvalue weighted by atomic mass is 16.6. The molecule has 1 aliphatic rings. The first kappa shape index (κ1) is 20.6. The number of nitrogens with zero attached hydrogens (tertiary/aromatic N) is 1. The molecular formula is C20H25NO6. The van der Waals surface area contributed by atoms with Crippen LogP contribution in [0.3, 0.4) is 0 Å². The van der Waals surface area contributed by atoms with Gasteiger partial charge in [0, 0.05) is 18.3 Å². The first-order valence-electron chi connectivity index (χ1n) is 8.92. The number of Topliss-reactive ketones (excluding diaryl/α,β-unsaturated/α-hetero) is 1. The van der Waals surface area contributed by atoms with Crippen LogP contribution in [0.4, 0.5) is 0 Å². The van der Waals surface area contributed by atoms with Crippen molar-refractivity contribution in [3.63, 3.8) is 0 Å². The summed E-state index contributed by atoms with van der Waals surface area (Å²) in [6, 6.07) is 7.66. The largest absolute Gasteiger partial charge is 0.462 e. The molecule has 1 aromatic rings. The van der Waals surface area contributed by atoms with E-state index in [4.69, 9.17) is 9.47 Å². The summed E-state index contributed by atoms with van der Waals surface area (Å²) in [5, 5.41) is 0. The summed E-state index contributed by atoms with van der Waals surface area (Å²) in [5.41, 5.74) is -0.313. The van der Waals surface area contributed by atoms with E-state index >= 15 is 0 Å². The van der Waals surface area contributed by atoms with Crippen LogP contribution in [-0.4, -0.2) is 47.4 Å². The van der Waals surface area contributed by atoms with Crippen molar-refractivity contribution in [2.24, 2.45) is 5.41 Å². The summed E-state index contributed by atoms with van der Waals surface area (Å²) in [6.07, 6.45) is -1.29. The van der Waals surface area contributed by atoms with E-state index in [1.807, 2.05) is 0 Å². The molecule has 7 heteroatoms. The molecule has 2 unspecified atom stereocenters. The lowest BCUT2D eigenvalue weighted by Crippen LogP contribution is -2.62. The van der Waals surface area contributed by atoms with Crippen molar-refractivity contribution < 1.29 is 28.7 Å². The molecule has 0 aromatic heterocycles. The number of esters is 2. The number of carbonyl (C=O) groups excluding carboxylic acids is 4. The van der Waals surface area contributed by atoms with Gasteiger partial charge in [-0.25, -0.2) is 9.59 Å². The minimum Gasteiger partial charge on any atom is -0.462 e. The normalized spacial score (nSPS) is 17.7. The van der Waals surface area contributed by atoms with Gasteiger partial charge in [-0.15, -0.1) is 0 Å². The fraction of sp³-hybridized carbons (Fsp3) is 0.500. The van der Waals surface area contributed by atoms with Gasteiger partial charge >= 0.3 is 11.9 Å². The van der Waals surface area contributed by atoms with Crippen LogP contribution in [0.1, 0.15) is 50.9 Å². The number of ketones is 1. The molecule has 2 rings (SSSR count). The summed E-state index contributed by atoms with van der Waals surface area (Å²) in [5.74, 6) is -1.97. The third-order valence-electron chi connectivity index (χ3n) is 4.32. The fourth-order valence-corrected chi connectivity index (χ4v) is 2.69. The van der Waals surface area contributed by atoms with Crippen LogP contribution in [0.15, 0.2) is 30.3 Å².